The maximum absolute atomic E-state index is 11.6. The molecule has 1 aromatic carbocycles. The summed E-state index contributed by atoms with van der Waals surface area (Å²) in [6.07, 6.45) is -1.05. The fraction of sp³-hybridized carbons (Fsp3) is 0.333. The van der Waals surface area contributed by atoms with Crippen molar-refractivity contribution in [2.45, 2.75) is 19.1 Å². The van der Waals surface area contributed by atoms with Crippen LogP contribution in [0.5, 0.6) is 0 Å². The summed E-state index contributed by atoms with van der Waals surface area (Å²) in [6, 6.07) is 5.74. The van der Waals surface area contributed by atoms with Gasteiger partial charge < -0.3 is 20.1 Å². The zero-order valence-corrected chi connectivity index (χ0v) is 9.57. The standard InChI is InChI=1S/C12H14O6/c13-10(14)6-3-7-18-12(17)9-5-2-1-4-8(9)11(15)16/h1-2,4-5,10,13-14H,3,6-7H2,(H,15,16). The maximum Gasteiger partial charge on any atom is 0.339 e. The minimum atomic E-state index is -1.44. The van der Waals surface area contributed by atoms with E-state index < -0.39 is 18.2 Å². The molecule has 0 amide bonds. The Morgan fingerprint density at radius 2 is 1.78 bits per heavy atom. The molecule has 0 heterocycles. The van der Waals surface area contributed by atoms with E-state index in [1.165, 1.54) is 18.2 Å². The first kappa shape index (κ1) is 14.1. The third-order valence-corrected chi connectivity index (χ3v) is 2.22. The Labute approximate surface area is 103 Å². The van der Waals surface area contributed by atoms with Gasteiger partial charge in [-0.1, -0.05) is 12.1 Å². The van der Waals surface area contributed by atoms with Crippen molar-refractivity contribution in [3.8, 4) is 0 Å². The number of esters is 1. The van der Waals surface area contributed by atoms with Gasteiger partial charge >= 0.3 is 11.9 Å². The SMILES string of the molecule is O=C(O)c1ccccc1C(=O)OCCCC(O)O. The van der Waals surface area contributed by atoms with E-state index in [1.54, 1.807) is 6.07 Å². The molecule has 0 fully saturated rings. The van der Waals surface area contributed by atoms with E-state index in [9.17, 15) is 9.59 Å². The largest absolute Gasteiger partial charge is 0.478 e. The minimum Gasteiger partial charge on any atom is -0.478 e. The minimum absolute atomic E-state index is 0.00437. The normalized spacial score (nSPS) is 10.4. The quantitative estimate of drug-likeness (QED) is 0.391. The first-order chi connectivity index (χ1) is 8.52. The number of hydrogen-bond donors (Lipinski definition) is 3. The molecular weight excluding hydrogens is 240 g/mol. The third kappa shape index (κ3) is 4.15. The average molecular weight is 254 g/mol. The number of aromatic carboxylic acids is 1. The second-order valence-electron chi connectivity index (χ2n) is 3.61. The van der Waals surface area contributed by atoms with Crippen molar-refractivity contribution < 1.29 is 29.6 Å². The van der Waals surface area contributed by atoms with Crippen LogP contribution in [0.4, 0.5) is 0 Å². The van der Waals surface area contributed by atoms with Gasteiger partial charge in [0.1, 0.15) is 0 Å². The number of carboxylic acids is 1. The van der Waals surface area contributed by atoms with E-state index in [1.807, 2.05) is 0 Å². The molecule has 1 rings (SSSR count). The number of benzene rings is 1. The van der Waals surface area contributed by atoms with Crippen molar-refractivity contribution in [1.29, 1.82) is 0 Å². The smallest absolute Gasteiger partial charge is 0.339 e. The summed E-state index contributed by atoms with van der Waals surface area (Å²) >= 11 is 0. The van der Waals surface area contributed by atoms with Crippen molar-refractivity contribution in [1.82, 2.24) is 0 Å². The van der Waals surface area contributed by atoms with E-state index in [4.69, 9.17) is 20.1 Å². The van der Waals surface area contributed by atoms with Crippen LogP contribution in [0.1, 0.15) is 33.6 Å². The number of aliphatic hydroxyl groups is 2. The average Bonchev–Trinajstić information content (AvgIpc) is 2.34. The highest BCUT2D eigenvalue weighted by molar-refractivity contribution is 6.02. The summed E-state index contributed by atoms with van der Waals surface area (Å²) in [4.78, 5) is 22.5. The second-order valence-corrected chi connectivity index (χ2v) is 3.61. The van der Waals surface area contributed by atoms with Gasteiger partial charge in [0.05, 0.1) is 17.7 Å². The highest BCUT2D eigenvalue weighted by atomic mass is 16.5. The lowest BCUT2D eigenvalue weighted by atomic mass is 10.1. The van der Waals surface area contributed by atoms with Crippen LogP contribution in [0.2, 0.25) is 0 Å². The van der Waals surface area contributed by atoms with Crippen LogP contribution in [0.15, 0.2) is 24.3 Å². The lowest BCUT2D eigenvalue weighted by Gasteiger charge is -2.07. The van der Waals surface area contributed by atoms with E-state index in [-0.39, 0.29) is 24.2 Å². The molecule has 0 aliphatic rings. The van der Waals surface area contributed by atoms with Crippen molar-refractivity contribution in [3.05, 3.63) is 35.4 Å². The van der Waals surface area contributed by atoms with Crippen molar-refractivity contribution in [2.75, 3.05) is 6.61 Å². The molecule has 0 saturated heterocycles. The lowest BCUT2D eigenvalue weighted by molar-refractivity contribution is -0.0493. The first-order valence-corrected chi connectivity index (χ1v) is 5.38. The predicted molar refractivity (Wildman–Crippen MR) is 61.1 cm³/mol. The molecule has 0 aromatic heterocycles. The number of aliphatic hydroxyl groups excluding tert-OH is 1. The number of carbonyl (C=O) groups is 2. The molecule has 0 aliphatic heterocycles. The summed E-state index contributed by atoms with van der Waals surface area (Å²) in [7, 11) is 0. The Kier molecular flexibility index (Phi) is 5.29. The molecule has 98 valence electrons. The van der Waals surface area contributed by atoms with Gasteiger partial charge in [-0.25, -0.2) is 9.59 Å². The van der Waals surface area contributed by atoms with Crippen LogP contribution in [0, 0.1) is 0 Å². The number of rotatable bonds is 6. The molecule has 6 nitrogen and oxygen atoms in total. The van der Waals surface area contributed by atoms with Gasteiger partial charge in [0, 0.05) is 6.42 Å². The van der Waals surface area contributed by atoms with Crippen LogP contribution in [-0.4, -0.2) is 40.2 Å². The van der Waals surface area contributed by atoms with Gasteiger partial charge in [0.25, 0.3) is 0 Å². The van der Waals surface area contributed by atoms with Crippen molar-refractivity contribution in [2.24, 2.45) is 0 Å². The fourth-order valence-electron chi connectivity index (χ4n) is 1.36. The second kappa shape index (κ2) is 6.73. The number of carboxylic acid groups (broad SMARTS) is 1. The number of carbonyl (C=O) groups excluding carboxylic acids is 1. The molecule has 3 N–H and O–H groups in total. The number of ether oxygens (including phenoxy) is 1. The Morgan fingerprint density at radius 3 is 2.33 bits per heavy atom. The first-order valence-electron chi connectivity index (χ1n) is 5.38. The van der Waals surface area contributed by atoms with Gasteiger partial charge in [0.15, 0.2) is 6.29 Å². The van der Waals surface area contributed by atoms with Crippen LogP contribution >= 0.6 is 0 Å². The Balaban J connectivity index is 2.59. The Morgan fingerprint density at radius 1 is 1.17 bits per heavy atom. The van der Waals surface area contributed by atoms with Crippen LogP contribution in [-0.2, 0) is 4.74 Å². The summed E-state index contributed by atoms with van der Waals surface area (Å²) < 4.78 is 4.84. The topological polar surface area (TPSA) is 104 Å². The summed E-state index contributed by atoms with van der Waals surface area (Å²) in [5.41, 5.74) is -0.140. The van der Waals surface area contributed by atoms with Gasteiger partial charge in [-0.15, -0.1) is 0 Å². The summed E-state index contributed by atoms with van der Waals surface area (Å²) in [6.45, 7) is 0.00437. The van der Waals surface area contributed by atoms with E-state index in [0.29, 0.717) is 6.42 Å². The predicted octanol–water partition coefficient (Wildman–Crippen LogP) is 0.632. The van der Waals surface area contributed by atoms with Gasteiger partial charge in [-0.05, 0) is 18.6 Å². The molecule has 0 saturated carbocycles. The fourth-order valence-corrected chi connectivity index (χ4v) is 1.36. The molecular formula is C12H14O6. The third-order valence-electron chi connectivity index (χ3n) is 2.22. The van der Waals surface area contributed by atoms with Gasteiger partial charge in [-0.2, -0.15) is 0 Å². The molecule has 18 heavy (non-hydrogen) atoms. The molecule has 0 spiro atoms. The lowest BCUT2D eigenvalue weighted by Crippen LogP contribution is -2.13. The van der Waals surface area contributed by atoms with Crippen LogP contribution in [0.3, 0.4) is 0 Å². The number of hydrogen-bond acceptors (Lipinski definition) is 5. The Hall–Kier alpha value is -1.92. The molecule has 6 heteroatoms. The molecule has 0 bridgehead atoms. The van der Waals surface area contributed by atoms with Gasteiger partial charge in [0.2, 0.25) is 0 Å². The molecule has 0 atom stereocenters. The zero-order valence-electron chi connectivity index (χ0n) is 9.57. The molecule has 1 aromatic rings. The van der Waals surface area contributed by atoms with E-state index >= 15 is 0 Å². The summed E-state index contributed by atoms with van der Waals surface area (Å²) in [5.74, 6) is -1.94. The highest BCUT2D eigenvalue weighted by Crippen LogP contribution is 2.10. The van der Waals surface area contributed by atoms with Crippen LogP contribution < -0.4 is 0 Å². The molecule has 0 aliphatic carbocycles. The van der Waals surface area contributed by atoms with E-state index in [0.717, 1.165) is 0 Å². The molecule has 0 radical (unpaired) electrons. The van der Waals surface area contributed by atoms with Crippen molar-refractivity contribution >= 4 is 11.9 Å². The maximum atomic E-state index is 11.6. The monoisotopic (exact) mass is 254 g/mol. The summed E-state index contributed by atoms with van der Waals surface area (Å²) in [5, 5.41) is 26.1. The zero-order chi connectivity index (χ0) is 13.5. The highest BCUT2D eigenvalue weighted by Gasteiger charge is 2.16. The van der Waals surface area contributed by atoms with Crippen LogP contribution in [0.25, 0.3) is 0 Å². The Bertz CT molecular complexity index is 426. The molecule has 0 unspecified atom stereocenters. The van der Waals surface area contributed by atoms with Gasteiger partial charge in [-0.3, -0.25) is 0 Å². The van der Waals surface area contributed by atoms with Crippen molar-refractivity contribution in [3.63, 3.8) is 0 Å². The van der Waals surface area contributed by atoms with E-state index in [2.05, 4.69) is 0 Å².